The number of para-hydroxylation sites is 1. The summed E-state index contributed by atoms with van der Waals surface area (Å²) in [5.74, 6) is -1.38. The molecule has 0 fully saturated rings. The molecule has 3 unspecified atom stereocenters. The van der Waals surface area contributed by atoms with Crippen molar-refractivity contribution in [1.82, 2.24) is 0 Å². The van der Waals surface area contributed by atoms with E-state index in [1.54, 1.807) is 0 Å². The van der Waals surface area contributed by atoms with Gasteiger partial charge in [-0.3, -0.25) is 14.9 Å². The monoisotopic (exact) mass is 349 g/mol. The number of carbonyl (C=O) groups is 2. The Morgan fingerprint density at radius 1 is 1.20 bits per heavy atom. The van der Waals surface area contributed by atoms with E-state index in [0.29, 0.717) is 12.8 Å². The number of esters is 1. The molecule has 1 aromatic carbocycles. The topological polar surface area (TPSA) is 127 Å². The summed E-state index contributed by atoms with van der Waals surface area (Å²) in [7, 11) is 0. The first-order valence-corrected chi connectivity index (χ1v) is 7.91. The zero-order valence-corrected chi connectivity index (χ0v) is 13.4. The Morgan fingerprint density at radius 2 is 1.92 bits per heavy atom. The minimum atomic E-state index is -1.51. The van der Waals surface area contributed by atoms with Crippen LogP contribution in [0.15, 0.2) is 36.4 Å². The molecular formula is C17H19NO7. The van der Waals surface area contributed by atoms with Crippen molar-refractivity contribution in [3.63, 3.8) is 0 Å². The zero-order valence-electron chi connectivity index (χ0n) is 13.4. The third-order valence-corrected chi connectivity index (χ3v) is 3.97. The van der Waals surface area contributed by atoms with Crippen LogP contribution >= 0.6 is 0 Å². The summed E-state index contributed by atoms with van der Waals surface area (Å²) in [6.45, 7) is 0. The molecule has 1 aliphatic carbocycles. The average Bonchev–Trinajstić information content (AvgIpc) is 2.60. The van der Waals surface area contributed by atoms with Gasteiger partial charge in [-0.25, -0.2) is 4.79 Å². The molecule has 1 aromatic rings. The molecule has 0 saturated heterocycles. The smallest absolute Gasteiger partial charge is 0.345 e. The summed E-state index contributed by atoms with van der Waals surface area (Å²) in [6.07, 6.45) is 0.495. The Kier molecular flexibility index (Phi) is 6.37. The lowest BCUT2D eigenvalue weighted by atomic mass is 9.98. The zero-order chi connectivity index (χ0) is 18.4. The summed E-state index contributed by atoms with van der Waals surface area (Å²) in [5, 5.41) is 30.5. The summed E-state index contributed by atoms with van der Waals surface area (Å²) >= 11 is 0. The highest BCUT2D eigenvalue weighted by Gasteiger charge is 2.27. The van der Waals surface area contributed by atoms with Gasteiger partial charge in [0, 0.05) is 6.07 Å². The van der Waals surface area contributed by atoms with Gasteiger partial charge >= 0.3 is 5.97 Å². The first-order chi connectivity index (χ1) is 11.9. The van der Waals surface area contributed by atoms with Crippen molar-refractivity contribution in [2.24, 2.45) is 0 Å². The molecule has 2 rings (SSSR count). The Hall–Kier alpha value is -2.58. The van der Waals surface area contributed by atoms with E-state index in [0.717, 1.165) is 0 Å². The summed E-state index contributed by atoms with van der Waals surface area (Å²) in [5.41, 5.74) is -0.482. The van der Waals surface area contributed by atoms with Crippen LogP contribution in [-0.4, -0.2) is 45.2 Å². The maximum Gasteiger partial charge on any atom is 0.345 e. The maximum absolute atomic E-state index is 12.3. The van der Waals surface area contributed by atoms with E-state index < -0.39 is 35.0 Å². The average molecular weight is 349 g/mol. The number of carbonyl (C=O) groups excluding carboxylic acids is 2. The highest BCUT2D eigenvalue weighted by molar-refractivity contribution is 5.94. The van der Waals surface area contributed by atoms with Crippen LogP contribution in [-0.2, 0) is 9.53 Å². The molecule has 0 radical (unpaired) electrons. The van der Waals surface area contributed by atoms with E-state index in [1.807, 2.05) is 0 Å². The van der Waals surface area contributed by atoms with Crippen LogP contribution in [0.4, 0.5) is 5.69 Å². The SMILES string of the molecule is O=C(OC1CC/C=C/C(=O)C(O)C(O)CC1)c1ccccc1[N+](=O)[O-]. The predicted molar refractivity (Wildman–Crippen MR) is 86.9 cm³/mol. The van der Waals surface area contributed by atoms with Gasteiger partial charge in [0.25, 0.3) is 5.69 Å². The van der Waals surface area contributed by atoms with Gasteiger partial charge in [0.2, 0.25) is 0 Å². The molecular weight excluding hydrogens is 330 g/mol. The highest BCUT2D eigenvalue weighted by Crippen LogP contribution is 2.22. The Balaban J connectivity index is 2.10. The molecule has 0 aliphatic heterocycles. The summed E-state index contributed by atoms with van der Waals surface area (Å²) < 4.78 is 5.36. The van der Waals surface area contributed by atoms with E-state index in [-0.39, 0.29) is 24.1 Å². The number of hydrogen-bond acceptors (Lipinski definition) is 7. The van der Waals surface area contributed by atoms with Crippen molar-refractivity contribution >= 4 is 17.4 Å². The molecule has 1 aliphatic rings. The molecule has 8 nitrogen and oxygen atoms in total. The van der Waals surface area contributed by atoms with Crippen molar-refractivity contribution in [3.8, 4) is 0 Å². The fourth-order valence-corrected chi connectivity index (χ4v) is 2.57. The van der Waals surface area contributed by atoms with Crippen LogP contribution in [0.25, 0.3) is 0 Å². The molecule has 0 aromatic heterocycles. The molecule has 0 heterocycles. The Bertz CT molecular complexity index is 685. The number of nitro groups is 1. The lowest BCUT2D eigenvalue weighted by Gasteiger charge is -2.22. The number of aliphatic hydroxyl groups excluding tert-OH is 2. The summed E-state index contributed by atoms with van der Waals surface area (Å²) in [6, 6.07) is 5.50. The Labute approximate surface area is 143 Å². The molecule has 0 amide bonds. The molecule has 134 valence electrons. The van der Waals surface area contributed by atoms with Crippen LogP contribution < -0.4 is 0 Å². The van der Waals surface area contributed by atoms with Crippen LogP contribution in [0.5, 0.6) is 0 Å². The van der Waals surface area contributed by atoms with Crippen molar-refractivity contribution < 1.29 is 29.5 Å². The van der Waals surface area contributed by atoms with Crippen LogP contribution in [0, 0.1) is 10.1 Å². The standard InChI is InChI=1S/C17H19NO7/c19-14-8-4-1-5-11(9-10-15(20)16(14)21)25-17(22)12-6-2-3-7-13(12)18(23)24/h2-4,6-8,11,15-16,20-21H,1,5,9-10H2/b8-4+. The van der Waals surface area contributed by atoms with Crippen molar-refractivity contribution in [3.05, 3.63) is 52.1 Å². The molecule has 3 atom stereocenters. The lowest BCUT2D eigenvalue weighted by Crippen LogP contribution is -2.34. The molecule has 8 heteroatoms. The number of aliphatic hydroxyl groups is 2. The van der Waals surface area contributed by atoms with Gasteiger partial charge in [0.05, 0.1) is 11.0 Å². The second-order valence-electron chi connectivity index (χ2n) is 5.77. The molecule has 0 spiro atoms. The number of benzene rings is 1. The number of allylic oxidation sites excluding steroid dienone is 1. The van der Waals surface area contributed by atoms with E-state index in [2.05, 4.69) is 0 Å². The quantitative estimate of drug-likeness (QED) is 0.481. The van der Waals surface area contributed by atoms with E-state index in [9.17, 15) is 29.9 Å². The normalized spacial score (nSPS) is 25.8. The van der Waals surface area contributed by atoms with E-state index in [4.69, 9.17) is 4.74 Å². The molecule has 0 bridgehead atoms. The molecule has 2 N–H and O–H groups in total. The number of ether oxygens (including phenoxy) is 1. The largest absolute Gasteiger partial charge is 0.459 e. The van der Waals surface area contributed by atoms with Crippen molar-refractivity contribution in [2.75, 3.05) is 0 Å². The number of hydrogen-bond donors (Lipinski definition) is 2. The minimum Gasteiger partial charge on any atom is -0.459 e. The molecule has 0 saturated carbocycles. The first kappa shape index (κ1) is 18.8. The second kappa shape index (κ2) is 8.50. The van der Waals surface area contributed by atoms with Gasteiger partial charge in [-0.1, -0.05) is 18.2 Å². The van der Waals surface area contributed by atoms with Gasteiger partial charge in [-0.05, 0) is 37.8 Å². The number of ketones is 1. The van der Waals surface area contributed by atoms with E-state index in [1.165, 1.54) is 36.4 Å². The van der Waals surface area contributed by atoms with Crippen LogP contribution in [0.3, 0.4) is 0 Å². The van der Waals surface area contributed by atoms with Gasteiger partial charge in [0.1, 0.15) is 17.8 Å². The van der Waals surface area contributed by atoms with Crippen molar-refractivity contribution in [2.45, 2.75) is 44.0 Å². The Morgan fingerprint density at radius 3 is 2.64 bits per heavy atom. The third kappa shape index (κ3) is 4.94. The number of nitro benzene ring substituents is 1. The van der Waals surface area contributed by atoms with Gasteiger partial charge in [-0.2, -0.15) is 0 Å². The predicted octanol–water partition coefficient (Wildman–Crippen LogP) is 1.54. The lowest BCUT2D eigenvalue weighted by molar-refractivity contribution is -0.385. The fraction of sp³-hybridized carbons (Fsp3) is 0.412. The first-order valence-electron chi connectivity index (χ1n) is 7.91. The highest BCUT2D eigenvalue weighted by atomic mass is 16.6. The summed E-state index contributed by atoms with van der Waals surface area (Å²) in [4.78, 5) is 34.2. The van der Waals surface area contributed by atoms with Crippen molar-refractivity contribution in [1.29, 1.82) is 0 Å². The van der Waals surface area contributed by atoms with Gasteiger partial charge < -0.3 is 14.9 Å². The number of rotatable bonds is 3. The van der Waals surface area contributed by atoms with Gasteiger partial charge in [0.15, 0.2) is 5.78 Å². The van der Waals surface area contributed by atoms with Crippen LogP contribution in [0.2, 0.25) is 0 Å². The number of nitrogens with zero attached hydrogens (tertiary/aromatic N) is 1. The fourth-order valence-electron chi connectivity index (χ4n) is 2.57. The maximum atomic E-state index is 12.3. The third-order valence-electron chi connectivity index (χ3n) is 3.97. The minimum absolute atomic E-state index is 0.0651. The van der Waals surface area contributed by atoms with Crippen LogP contribution in [0.1, 0.15) is 36.0 Å². The van der Waals surface area contributed by atoms with E-state index >= 15 is 0 Å². The second-order valence-corrected chi connectivity index (χ2v) is 5.77. The van der Waals surface area contributed by atoms with Gasteiger partial charge in [-0.15, -0.1) is 0 Å². The molecule has 25 heavy (non-hydrogen) atoms.